The Hall–Kier alpha value is -3.68. The molecule has 0 saturated heterocycles. The normalized spacial score (nSPS) is 12.6. The number of nitrogens with one attached hydrogen (secondary N) is 1. The van der Waals surface area contributed by atoms with Gasteiger partial charge in [0, 0.05) is 12.7 Å². The zero-order chi connectivity index (χ0) is 20.4. The van der Waals surface area contributed by atoms with E-state index in [9.17, 15) is 19.2 Å². The molecule has 2 aromatic carbocycles. The topological polar surface area (TPSA) is 102 Å². The number of hydrogen-bond acceptors (Lipinski definition) is 6. The zero-order valence-corrected chi connectivity index (χ0v) is 15.6. The fourth-order valence-corrected chi connectivity index (χ4v) is 2.80. The van der Waals surface area contributed by atoms with E-state index in [4.69, 9.17) is 9.47 Å². The molecular weight excluding hydrogens is 364 g/mol. The number of anilines is 1. The number of aryl methyl sites for hydroxylation is 1. The lowest BCUT2D eigenvalue weighted by atomic mass is 10.1. The van der Waals surface area contributed by atoms with Crippen LogP contribution in [0.25, 0.3) is 0 Å². The lowest BCUT2D eigenvalue weighted by Gasteiger charge is -2.09. The van der Waals surface area contributed by atoms with E-state index < -0.39 is 24.4 Å². The SMILES string of the molecule is COc1cc(C(=O)OCC(=O)Nc2ccc3c(c2)C(=O)N(C)C3=O)ccc1C. The Morgan fingerprint density at radius 1 is 1.04 bits per heavy atom. The molecule has 0 atom stereocenters. The van der Waals surface area contributed by atoms with Gasteiger partial charge in [0.2, 0.25) is 0 Å². The smallest absolute Gasteiger partial charge is 0.338 e. The fourth-order valence-electron chi connectivity index (χ4n) is 2.80. The summed E-state index contributed by atoms with van der Waals surface area (Å²) in [6.45, 7) is 1.34. The van der Waals surface area contributed by atoms with E-state index in [1.54, 1.807) is 12.1 Å². The molecule has 1 N–H and O–H groups in total. The molecule has 3 amide bonds. The van der Waals surface area contributed by atoms with Crippen LogP contribution in [0.15, 0.2) is 36.4 Å². The molecule has 2 aromatic rings. The van der Waals surface area contributed by atoms with Crippen molar-refractivity contribution in [3.63, 3.8) is 0 Å². The maximum Gasteiger partial charge on any atom is 0.338 e. The van der Waals surface area contributed by atoms with Crippen LogP contribution in [-0.4, -0.2) is 49.4 Å². The summed E-state index contributed by atoms with van der Waals surface area (Å²) in [4.78, 5) is 49.0. The van der Waals surface area contributed by atoms with Gasteiger partial charge in [0.1, 0.15) is 5.75 Å². The van der Waals surface area contributed by atoms with Crippen LogP contribution in [-0.2, 0) is 9.53 Å². The molecule has 1 aliphatic rings. The number of rotatable bonds is 5. The molecule has 0 unspecified atom stereocenters. The summed E-state index contributed by atoms with van der Waals surface area (Å²) in [6, 6.07) is 9.24. The predicted molar refractivity (Wildman–Crippen MR) is 99.5 cm³/mol. The molecule has 0 aromatic heterocycles. The summed E-state index contributed by atoms with van der Waals surface area (Å²) in [7, 11) is 2.89. The molecule has 8 heteroatoms. The van der Waals surface area contributed by atoms with Crippen LogP contribution in [0.3, 0.4) is 0 Å². The molecule has 1 aliphatic heterocycles. The van der Waals surface area contributed by atoms with Crippen LogP contribution in [0.5, 0.6) is 5.75 Å². The van der Waals surface area contributed by atoms with Crippen molar-refractivity contribution in [1.29, 1.82) is 0 Å². The van der Waals surface area contributed by atoms with Gasteiger partial charge in [0.05, 0.1) is 23.8 Å². The summed E-state index contributed by atoms with van der Waals surface area (Å²) in [5.41, 5.74) is 1.96. The van der Waals surface area contributed by atoms with Gasteiger partial charge in [-0.3, -0.25) is 19.3 Å². The Morgan fingerprint density at radius 3 is 2.46 bits per heavy atom. The van der Waals surface area contributed by atoms with Crippen molar-refractivity contribution in [3.05, 3.63) is 58.7 Å². The first kappa shape index (κ1) is 19.1. The van der Waals surface area contributed by atoms with E-state index in [1.807, 2.05) is 6.92 Å². The lowest BCUT2D eigenvalue weighted by Crippen LogP contribution is -2.24. The first-order valence-electron chi connectivity index (χ1n) is 8.40. The van der Waals surface area contributed by atoms with E-state index >= 15 is 0 Å². The summed E-state index contributed by atoms with van der Waals surface area (Å²) >= 11 is 0. The predicted octanol–water partition coefficient (Wildman–Crippen LogP) is 2.02. The Kier molecular flexibility index (Phi) is 5.12. The summed E-state index contributed by atoms with van der Waals surface area (Å²) in [6.07, 6.45) is 0. The monoisotopic (exact) mass is 382 g/mol. The second kappa shape index (κ2) is 7.51. The molecule has 8 nitrogen and oxygen atoms in total. The number of hydrogen-bond donors (Lipinski definition) is 1. The quantitative estimate of drug-likeness (QED) is 0.627. The minimum absolute atomic E-state index is 0.217. The van der Waals surface area contributed by atoms with Crippen molar-refractivity contribution >= 4 is 29.4 Å². The van der Waals surface area contributed by atoms with Gasteiger partial charge in [-0.05, 0) is 42.8 Å². The Labute approximate surface area is 161 Å². The first-order valence-corrected chi connectivity index (χ1v) is 8.40. The summed E-state index contributed by atoms with van der Waals surface area (Å²) in [5, 5.41) is 2.54. The van der Waals surface area contributed by atoms with Gasteiger partial charge in [-0.25, -0.2) is 4.79 Å². The van der Waals surface area contributed by atoms with Crippen LogP contribution in [0.2, 0.25) is 0 Å². The maximum atomic E-state index is 12.1. The van der Waals surface area contributed by atoms with Gasteiger partial charge in [-0.15, -0.1) is 0 Å². The second-order valence-electron chi connectivity index (χ2n) is 6.24. The second-order valence-corrected chi connectivity index (χ2v) is 6.24. The minimum atomic E-state index is -0.662. The van der Waals surface area contributed by atoms with Gasteiger partial charge < -0.3 is 14.8 Å². The van der Waals surface area contributed by atoms with E-state index in [0.717, 1.165) is 10.5 Å². The van der Waals surface area contributed by atoms with Crippen LogP contribution in [0.1, 0.15) is 36.6 Å². The van der Waals surface area contributed by atoms with E-state index in [1.165, 1.54) is 38.4 Å². The Morgan fingerprint density at radius 2 is 1.75 bits per heavy atom. The minimum Gasteiger partial charge on any atom is -0.496 e. The zero-order valence-electron chi connectivity index (χ0n) is 15.6. The number of amides is 3. The lowest BCUT2D eigenvalue weighted by molar-refractivity contribution is -0.119. The Bertz CT molecular complexity index is 998. The van der Waals surface area contributed by atoms with Crippen molar-refractivity contribution in [2.45, 2.75) is 6.92 Å². The Balaban J connectivity index is 1.62. The van der Waals surface area contributed by atoms with Crippen LogP contribution in [0, 0.1) is 6.92 Å². The molecule has 0 aliphatic carbocycles. The third-order valence-electron chi connectivity index (χ3n) is 4.35. The highest BCUT2D eigenvalue weighted by Crippen LogP contribution is 2.24. The molecule has 1 heterocycles. The van der Waals surface area contributed by atoms with Gasteiger partial charge in [-0.1, -0.05) is 6.07 Å². The van der Waals surface area contributed by atoms with Crippen LogP contribution < -0.4 is 10.1 Å². The van der Waals surface area contributed by atoms with Gasteiger partial charge in [-0.2, -0.15) is 0 Å². The number of ether oxygens (including phenoxy) is 2. The number of nitrogens with zero attached hydrogens (tertiary/aromatic N) is 1. The largest absolute Gasteiger partial charge is 0.496 e. The first-order chi connectivity index (χ1) is 13.3. The summed E-state index contributed by atoms with van der Waals surface area (Å²) in [5.74, 6) is -1.51. The van der Waals surface area contributed by atoms with Gasteiger partial charge in [0.25, 0.3) is 17.7 Å². The molecule has 0 bridgehead atoms. The molecule has 0 saturated carbocycles. The number of methoxy groups -OCH3 is 1. The number of benzene rings is 2. The molecule has 0 radical (unpaired) electrons. The summed E-state index contributed by atoms with van der Waals surface area (Å²) < 4.78 is 10.2. The number of carbonyl (C=O) groups is 4. The van der Waals surface area contributed by atoms with E-state index in [-0.39, 0.29) is 22.6 Å². The number of fused-ring (bicyclic) bond motifs is 1. The third kappa shape index (κ3) is 3.57. The number of imide groups is 1. The highest BCUT2D eigenvalue weighted by atomic mass is 16.5. The van der Waals surface area contributed by atoms with Gasteiger partial charge >= 0.3 is 5.97 Å². The average molecular weight is 382 g/mol. The number of esters is 1. The molecular formula is C20H18N2O6. The van der Waals surface area contributed by atoms with Crippen molar-refractivity contribution in [3.8, 4) is 5.75 Å². The van der Waals surface area contributed by atoms with Crippen LogP contribution in [0.4, 0.5) is 5.69 Å². The fraction of sp³-hybridized carbons (Fsp3) is 0.200. The molecule has 28 heavy (non-hydrogen) atoms. The van der Waals surface area contributed by atoms with E-state index in [0.29, 0.717) is 11.4 Å². The van der Waals surface area contributed by atoms with E-state index in [2.05, 4.69) is 5.32 Å². The highest BCUT2D eigenvalue weighted by Gasteiger charge is 2.32. The molecule has 0 spiro atoms. The van der Waals surface area contributed by atoms with Crippen molar-refractivity contribution in [2.75, 3.05) is 26.1 Å². The van der Waals surface area contributed by atoms with Gasteiger partial charge in [0.15, 0.2) is 6.61 Å². The molecule has 3 rings (SSSR count). The molecule has 144 valence electrons. The number of carbonyl (C=O) groups excluding carboxylic acids is 4. The maximum absolute atomic E-state index is 12.1. The standard InChI is InChI=1S/C20H18N2O6/c1-11-4-5-12(8-16(11)27-3)20(26)28-10-17(23)21-13-6-7-14-15(9-13)19(25)22(2)18(14)24/h4-9H,10H2,1-3H3,(H,21,23). The highest BCUT2D eigenvalue weighted by molar-refractivity contribution is 6.21. The average Bonchev–Trinajstić information content (AvgIpc) is 2.90. The van der Waals surface area contributed by atoms with Crippen molar-refractivity contribution in [2.24, 2.45) is 0 Å². The molecule has 0 fully saturated rings. The van der Waals surface area contributed by atoms with Crippen molar-refractivity contribution < 1.29 is 28.7 Å². The van der Waals surface area contributed by atoms with Crippen LogP contribution >= 0.6 is 0 Å². The third-order valence-corrected chi connectivity index (χ3v) is 4.35. The van der Waals surface area contributed by atoms with Crippen molar-refractivity contribution in [1.82, 2.24) is 4.90 Å².